The Labute approximate surface area is 80.8 Å². The van der Waals surface area contributed by atoms with E-state index in [1.807, 2.05) is 6.92 Å². The van der Waals surface area contributed by atoms with E-state index in [0.29, 0.717) is 29.4 Å². The van der Waals surface area contributed by atoms with Gasteiger partial charge in [-0.1, -0.05) is 12.1 Å². The van der Waals surface area contributed by atoms with Gasteiger partial charge in [-0.05, 0) is 12.5 Å². The number of nitrogens with zero attached hydrogens (tertiary/aromatic N) is 2. The van der Waals surface area contributed by atoms with Crippen molar-refractivity contribution in [1.29, 1.82) is 0 Å². The van der Waals surface area contributed by atoms with Gasteiger partial charge < -0.3 is 15.0 Å². The average molecular weight is 193 g/mol. The van der Waals surface area contributed by atoms with Crippen LogP contribution in [0.1, 0.15) is 13.3 Å². The molecule has 2 aromatic rings. The second kappa shape index (κ2) is 3.53. The van der Waals surface area contributed by atoms with E-state index in [-0.39, 0.29) is 0 Å². The third kappa shape index (κ3) is 1.48. The van der Waals surface area contributed by atoms with Crippen LogP contribution in [0.3, 0.4) is 0 Å². The number of anilines is 1. The quantitative estimate of drug-likeness (QED) is 0.801. The van der Waals surface area contributed by atoms with Crippen molar-refractivity contribution in [3.63, 3.8) is 0 Å². The second-order valence-electron chi connectivity index (χ2n) is 2.92. The zero-order valence-corrected chi connectivity index (χ0v) is 7.86. The summed E-state index contributed by atoms with van der Waals surface area (Å²) in [4.78, 5) is 4.10. The number of rotatable bonds is 3. The van der Waals surface area contributed by atoms with Crippen LogP contribution in [0.25, 0.3) is 11.1 Å². The number of ether oxygens (including phenoxy) is 1. The molecule has 2 aromatic heterocycles. The van der Waals surface area contributed by atoms with Gasteiger partial charge in [0.15, 0.2) is 5.82 Å². The molecular weight excluding hydrogens is 182 g/mol. The third-order valence-corrected chi connectivity index (χ3v) is 1.80. The molecule has 0 aliphatic carbocycles. The first-order chi connectivity index (χ1) is 6.81. The predicted octanol–water partition coefficient (Wildman–Crippen LogP) is 1.59. The van der Waals surface area contributed by atoms with E-state index in [9.17, 15) is 0 Å². The number of nitrogens with two attached hydrogens (primary N) is 1. The fourth-order valence-corrected chi connectivity index (χ4v) is 1.12. The van der Waals surface area contributed by atoms with Crippen LogP contribution in [0.4, 0.5) is 5.82 Å². The van der Waals surface area contributed by atoms with Crippen LogP contribution in [0.15, 0.2) is 16.7 Å². The molecule has 14 heavy (non-hydrogen) atoms. The zero-order chi connectivity index (χ0) is 9.97. The van der Waals surface area contributed by atoms with Crippen molar-refractivity contribution in [2.75, 3.05) is 12.3 Å². The number of aromatic nitrogens is 2. The number of nitrogen functional groups attached to an aromatic ring is 1. The molecule has 2 heterocycles. The van der Waals surface area contributed by atoms with Gasteiger partial charge in [0.05, 0.1) is 12.0 Å². The lowest BCUT2D eigenvalue weighted by Crippen LogP contribution is -1.96. The summed E-state index contributed by atoms with van der Waals surface area (Å²) >= 11 is 0. The van der Waals surface area contributed by atoms with Gasteiger partial charge in [-0.15, -0.1) is 0 Å². The van der Waals surface area contributed by atoms with Gasteiger partial charge in [-0.2, -0.15) is 4.98 Å². The van der Waals surface area contributed by atoms with Crippen molar-refractivity contribution in [3.8, 4) is 5.88 Å². The Bertz CT molecular complexity index is 439. The van der Waals surface area contributed by atoms with Gasteiger partial charge >= 0.3 is 0 Å². The Morgan fingerprint density at radius 2 is 2.36 bits per heavy atom. The normalized spacial score (nSPS) is 10.6. The van der Waals surface area contributed by atoms with E-state index in [1.165, 1.54) is 0 Å². The monoisotopic (exact) mass is 193 g/mol. The molecule has 2 rings (SSSR count). The Kier molecular flexibility index (Phi) is 2.22. The van der Waals surface area contributed by atoms with E-state index in [0.717, 1.165) is 6.42 Å². The summed E-state index contributed by atoms with van der Waals surface area (Å²) in [6.45, 7) is 2.67. The largest absolute Gasteiger partial charge is 0.478 e. The first kappa shape index (κ1) is 8.80. The van der Waals surface area contributed by atoms with Gasteiger partial charge in [0.1, 0.15) is 0 Å². The predicted molar refractivity (Wildman–Crippen MR) is 52.0 cm³/mol. The molecule has 0 fully saturated rings. The highest BCUT2D eigenvalue weighted by atomic mass is 16.5. The van der Waals surface area contributed by atoms with E-state index < -0.39 is 0 Å². The summed E-state index contributed by atoms with van der Waals surface area (Å²) in [5, 5.41) is 4.32. The standard InChI is InChI=1S/C9H11N3O2/c1-2-5-13-7-4-3-6-8(10)12-14-9(6)11-7/h3-4H,2,5H2,1H3,(H2,10,12). The fraction of sp³-hybridized carbons (Fsp3) is 0.333. The van der Waals surface area contributed by atoms with Crippen LogP contribution in [-0.4, -0.2) is 16.7 Å². The maximum atomic E-state index is 5.54. The molecule has 0 unspecified atom stereocenters. The molecule has 0 atom stereocenters. The summed E-state index contributed by atoms with van der Waals surface area (Å²) in [7, 11) is 0. The van der Waals surface area contributed by atoms with E-state index in [4.69, 9.17) is 15.0 Å². The van der Waals surface area contributed by atoms with Gasteiger partial charge in [0, 0.05) is 6.07 Å². The Balaban J connectivity index is 2.32. The molecule has 0 saturated heterocycles. The van der Waals surface area contributed by atoms with Crippen LogP contribution >= 0.6 is 0 Å². The Morgan fingerprint density at radius 1 is 1.50 bits per heavy atom. The lowest BCUT2D eigenvalue weighted by molar-refractivity contribution is 0.304. The minimum absolute atomic E-state index is 0.356. The molecule has 0 saturated carbocycles. The molecule has 0 spiro atoms. The lowest BCUT2D eigenvalue weighted by atomic mass is 10.3. The van der Waals surface area contributed by atoms with E-state index >= 15 is 0 Å². The zero-order valence-electron chi connectivity index (χ0n) is 7.86. The molecule has 2 N–H and O–H groups in total. The molecule has 74 valence electrons. The SMILES string of the molecule is CCCOc1ccc2c(N)noc2n1. The van der Waals surface area contributed by atoms with Crippen molar-refractivity contribution in [3.05, 3.63) is 12.1 Å². The number of fused-ring (bicyclic) bond motifs is 1. The summed E-state index contributed by atoms with van der Waals surface area (Å²) in [6.07, 6.45) is 0.943. The van der Waals surface area contributed by atoms with E-state index in [1.54, 1.807) is 12.1 Å². The Hall–Kier alpha value is -1.78. The van der Waals surface area contributed by atoms with Gasteiger partial charge in [0.2, 0.25) is 5.88 Å². The molecule has 0 radical (unpaired) electrons. The maximum Gasteiger partial charge on any atom is 0.263 e. The molecule has 0 aliphatic heterocycles. The highest BCUT2D eigenvalue weighted by Crippen LogP contribution is 2.21. The molecule has 0 aromatic carbocycles. The molecule has 5 nitrogen and oxygen atoms in total. The van der Waals surface area contributed by atoms with Crippen LogP contribution in [0, 0.1) is 0 Å². The van der Waals surface area contributed by atoms with Gasteiger partial charge in [0.25, 0.3) is 5.71 Å². The van der Waals surface area contributed by atoms with Crippen molar-refractivity contribution in [1.82, 2.24) is 10.1 Å². The van der Waals surface area contributed by atoms with Crippen LogP contribution in [0.2, 0.25) is 0 Å². The van der Waals surface area contributed by atoms with Crippen molar-refractivity contribution >= 4 is 16.9 Å². The topological polar surface area (TPSA) is 74.2 Å². The lowest BCUT2D eigenvalue weighted by Gasteiger charge is -2.01. The number of hydrogen-bond acceptors (Lipinski definition) is 5. The van der Waals surface area contributed by atoms with Crippen LogP contribution in [-0.2, 0) is 0 Å². The molecule has 0 aliphatic rings. The molecule has 0 amide bonds. The van der Waals surface area contributed by atoms with E-state index in [2.05, 4.69) is 10.1 Å². The third-order valence-electron chi connectivity index (χ3n) is 1.80. The Morgan fingerprint density at radius 3 is 3.14 bits per heavy atom. The molecule has 5 heteroatoms. The van der Waals surface area contributed by atoms with Crippen molar-refractivity contribution < 1.29 is 9.26 Å². The summed E-state index contributed by atoms with van der Waals surface area (Å²) in [6, 6.07) is 3.55. The van der Waals surface area contributed by atoms with Crippen LogP contribution < -0.4 is 10.5 Å². The highest BCUT2D eigenvalue weighted by molar-refractivity contribution is 5.84. The summed E-state index contributed by atoms with van der Waals surface area (Å²) in [5.74, 6) is 0.894. The first-order valence-corrected chi connectivity index (χ1v) is 4.46. The summed E-state index contributed by atoms with van der Waals surface area (Å²) in [5.41, 5.74) is 5.95. The summed E-state index contributed by atoms with van der Waals surface area (Å²) < 4.78 is 10.2. The maximum absolute atomic E-state index is 5.54. The molecular formula is C9H11N3O2. The number of pyridine rings is 1. The highest BCUT2D eigenvalue weighted by Gasteiger charge is 2.06. The van der Waals surface area contributed by atoms with Crippen molar-refractivity contribution in [2.24, 2.45) is 0 Å². The smallest absolute Gasteiger partial charge is 0.263 e. The second-order valence-corrected chi connectivity index (χ2v) is 2.92. The average Bonchev–Trinajstić information content (AvgIpc) is 2.57. The minimum Gasteiger partial charge on any atom is -0.478 e. The van der Waals surface area contributed by atoms with Crippen LogP contribution in [0.5, 0.6) is 5.88 Å². The minimum atomic E-state index is 0.356. The van der Waals surface area contributed by atoms with Gasteiger partial charge in [-0.25, -0.2) is 0 Å². The fourth-order valence-electron chi connectivity index (χ4n) is 1.12. The number of hydrogen-bond donors (Lipinski definition) is 1. The molecule has 0 bridgehead atoms. The van der Waals surface area contributed by atoms with Gasteiger partial charge in [-0.3, -0.25) is 0 Å². The van der Waals surface area contributed by atoms with Crippen molar-refractivity contribution in [2.45, 2.75) is 13.3 Å². The first-order valence-electron chi connectivity index (χ1n) is 4.46.